The highest BCUT2D eigenvalue weighted by Gasteiger charge is 2.15. The predicted molar refractivity (Wildman–Crippen MR) is 77.9 cm³/mol. The number of aryl methyl sites for hydroxylation is 1. The van der Waals surface area contributed by atoms with Crippen molar-refractivity contribution >= 4 is 5.82 Å². The van der Waals surface area contributed by atoms with Crippen LogP contribution in [0.2, 0.25) is 0 Å². The van der Waals surface area contributed by atoms with Gasteiger partial charge in [0.2, 0.25) is 0 Å². The van der Waals surface area contributed by atoms with E-state index in [4.69, 9.17) is 5.73 Å². The van der Waals surface area contributed by atoms with Gasteiger partial charge in [-0.25, -0.2) is 0 Å². The normalized spacial score (nSPS) is 16.7. The largest absolute Gasteiger partial charge is 0.384 e. The van der Waals surface area contributed by atoms with Gasteiger partial charge in [0.1, 0.15) is 5.82 Å². The smallest absolute Gasteiger partial charge is 0.121 e. The minimum absolute atomic E-state index is 0.692. The van der Waals surface area contributed by atoms with E-state index in [1.807, 2.05) is 13.1 Å². The highest BCUT2D eigenvalue weighted by Crippen LogP contribution is 2.27. The van der Waals surface area contributed by atoms with Crippen molar-refractivity contribution in [2.45, 2.75) is 18.8 Å². The third-order valence-electron chi connectivity index (χ3n) is 3.93. The van der Waals surface area contributed by atoms with Crippen LogP contribution in [0.15, 0.2) is 30.3 Å². The summed E-state index contributed by atoms with van der Waals surface area (Å²) >= 11 is 0. The molecule has 3 N–H and O–H groups in total. The van der Waals surface area contributed by atoms with Crippen molar-refractivity contribution in [2.24, 2.45) is 7.05 Å². The van der Waals surface area contributed by atoms with Crippen molar-refractivity contribution in [1.29, 1.82) is 0 Å². The number of nitrogens with zero attached hydrogens (tertiary/aromatic N) is 2. The third kappa shape index (κ3) is 2.49. The van der Waals surface area contributed by atoms with Gasteiger partial charge in [0.25, 0.3) is 0 Å². The van der Waals surface area contributed by atoms with Crippen molar-refractivity contribution < 1.29 is 0 Å². The van der Waals surface area contributed by atoms with Gasteiger partial charge in [-0.05, 0) is 37.4 Å². The molecule has 0 atom stereocenters. The SMILES string of the molecule is Cn1nc(-c2ccc(C3CCNCC3)cc2)cc1N. The number of hydrogen-bond acceptors (Lipinski definition) is 3. The van der Waals surface area contributed by atoms with Gasteiger partial charge in [0.15, 0.2) is 0 Å². The Balaban J connectivity index is 1.82. The second-order valence-electron chi connectivity index (χ2n) is 5.22. The molecule has 1 aliphatic rings. The van der Waals surface area contributed by atoms with E-state index in [-0.39, 0.29) is 0 Å². The van der Waals surface area contributed by atoms with Crippen molar-refractivity contribution in [2.75, 3.05) is 18.8 Å². The van der Waals surface area contributed by atoms with E-state index in [9.17, 15) is 0 Å². The number of hydrogen-bond donors (Lipinski definition) is 2. The van der Waals surface area contributed by atoms with Crippen molar-refractivity contribution in [3.8, 4) is 11.3 Å². The Kier molecular flexibility index (Phi) is 3.25. The number of rotatable bonds is 2. The fourth-order valence-corrected chi connectivity index (χ4v) is 2.70. The topological polar surface area (TPSA) is 55.9 Å². The highest BCUT2D eigenvalue weighted by atomic mass is 15.3. The molecule has 0 radical (unpaired) electrons. The maximum atomic E-state index is 5.82. The number of nitrogen functional groups attached to an aromatic ring is 1. The molecule has 1 aliphatic heterocycles. The lowest BCUT2D eigenvalue weighted by Crippen LogP contribution is -2.26. The third-order valence-corrected chi connectivity index (χ3v) is 3.93. The Bertz CT molecular complexity index is 531. The highest BCUT2D eigenvalue weighted by molar-refractivity contribution is 5.62. The predicted octanol–water partition coefficient (Wildman–Crippen LogP) is 2.14. The van der Waals surface area contributed by atoms with Crippen LogP contribution in [0.4, 0.5) is 5.82 Å². The maximum Gasteiger partial charge on any atom is 0.121 e. The molecule has 2 aromatic rings. The number of benzene rings is 1. The van der Waals surface area contributed by atoms with Crippen LogP contribution in [-0.2, 0) is 7.05 Å². The quantitative estimate of drug-likeness (QED) is 0.865. The second kappa shape index (κ2) is 5.05. The molecule has 3 rings (SSSR count). The van der Waals surface area contributed by atoms with Crippen LogP contribution in [0.1, 0.15) is 24.3 Å². The van der Waals surface area contributed by atoms with Crippen LogP contribution in [0, 0.1) is 0 Å². The first-order valence-electron chi connectivity index (χ1n) is 6.84. The van der Waals surface area contributed by atoms with Crippen LogP contribution in [0.25, 0.3) is 11.3 Å². The summed E-state index contributed by atoms with van der Waals surface area (Å²) in [6.07, 6.45) is 2.46. The van der Waals surface area contributed by atoms with E-state index < -0.39 is 0 Å². The van der Waals surface area contributed by atoms with Gasteiger partial charge in [-0.15, -0.1) is 0 Å². The van der Waals surface area contributed by atoms with Crippen molar-refractivity contribution in [3.05, 3.63) is 35.9 Å². The summed E-state index contributed by atoms with van der Waals surface area (Å²) in [5.41, 5.74) is 9.33. The minimum atomic E-state index is 0.692. The molecule has 0 saturated carbocycles. The zero-order valence-corrected chi connectivity index (χ0v) is 11.3. The van der Waals surface area contributed by atoms with Crippen LogP contribution < -0.4 is 11.1 Å². The Morgan fingerprint density at radius 2 is 1.89 bits per heavy atom. The van der Waals surface area contributed by atoms with Gasteiger partial charge in [-0.3, -0.25) is 4.68 Å². The van der Waals surface area contributed by atoms with E-state index in [0.29, 0.717) is 11.7 Å². The van der Waals surface area contributed by atoms with Crippen LogP contribution >= 0.6 is 0 Å². The van der Waals surface area contributed by atoms with Crippen LogP contribution in [0.3, 0.4) is 0 Å². The molecule has 1 aromatic carbocycles. The van der Waals surface area contributed by atoms with E-state index in [1.54, 1.807) is 4.68 Å². The summed E-state index contributed by atoms with van der Waals surface area (Å²) in [5, 5.41) is 7.81. The summed E-state index contributed by atoms with van der Waals surface area (Å²) in [5.74, 6) is 1.39. The summed E-state index contributed by atoms with van der Waals surface area (Å²) in [6, 6.07) is 10.7. The molecular formula is C15H20N4. The van der Waals surface area contributed by atoms with E-state index in [2.05, 4.69) is 34.7 Å². The minimum Gasteiger partial charge on any atom is -0.384 e. The molecule has 0 aliphatic carbocycles. The number of aromatic nitrogens is 2. The van der Waals surface area contributed by atoms with Gasteiger partial charge in [-0.1, -0.05) is 24.3 Å². The Hall–Kier alpha value is -1.81. The van der Waals surface area contributed by atoms with Crippen LogP contribution in [-0.4, -0.2) is 22.9 Å². The first-order chi connectivity index (χ1) is 9.24. The Labute approximate surface area is 113 Å². The molecule has 0 unspecified atom stereocenters. The summed E-state index contributed by atoms with van der Waals surface area (Å²) < 4.78 is 1.70. The Morgan fingerprint density at radius 3 is 2.47 bits per heavy atom. The molecule has 1 fully saturated rings. The molecule has 4 heteroatoms. The molecule has 100 valence electrons. The monoisotopic (exact) mass is 256 g/mol. The molecule has 1 saturated heterocycles. The summed E-state index contributed by atoms with van der Waals surface area (Å²) in [4.78, 5) is 0. The molecule has 0 amide bonds. The maximum absolute atomic E-state index is 5.82. The molecule has 4 nitrogen and oxygen atoms in total. The fraction of sp³-hybridized carbons (Fsp3) is 0.400. The van der Waals surface area contributed by atoms with E-state index in [1.165, 1.54) is 18.4 Å². The van der Waals surface area contributed by atoms with Gasteiger partial charge >= 0.3 is 0 Å². The lowest BCUT2D eigenvalue weighted by atomic mass is 9.89. The standard InChI is InChI=1S/C15H20N4/c1-19-15(16)10-14(18-19)13-4-2-11(3-5-13)12-6-8-17-9-7-12/h2-5,10,12,17H,6-9,16H2,1H3. The molecular weight excluding hydrogens is 236 g/mol. The molecule has 0 bridgehead atoms. The zero-order valence-electron chi connectivity index (χ0n) is 11.3. The summed E-state index contributed by atoms with van der Waals surface area (Å²) in [6.45, 7) is 2.26. The lowest BCUT2D eigenvalue weighted by molar-refractivity contribution is 0.460. The first-order valence-corrected chi connectivity index (χ1v) is 6.84. The lowest BCUT2D eigenvalue weighted by Gasteiger charge is -2.23. The molecule has 0 spiro atoms. The van der Waals surface area contributed by atoms with Gasteiger partial charge < -0.3 is 11.1 Å². The van der Waals surface area contributed by atoms with Gasteiger partial charge in [0, 0.05) is 18.7 Å². The van der Waals surface area contributed by atoms with Crippen molar-refractivity contribution in [1.82, 2.24) is 15.1 Å². The molecule has 1 aromatic heterocycles. The Morgan fingerprint density at radius 1 is 1.21 bits per heavy atom. The van der Waals surface area contributed by atoms with Crippen molar-refractivity contribution in [3.63, 3.8) is 0 Å². The average Bonchev–Trinajstić information content (AvgIpc) is 2.80. The zero-order chi connectivity index (χ0) is 13.2. The second-order valence-corrected chi connectivity index (χ2v) is 5.22. The number of nitrogens with one attached hydrogen (secondary N) is 1. The number of anilines is 1. The molecule has 19 heavy (non-hydrogen) atoms. The van der Waals surface area contributed by atoms with Crippen LogP contribution in [0.5, 0.6) is 0 Å². The summed E-state index contributed by atoms with van der Waals surface area (Å²) in [7, 11) is 1.86. The van der Waals surface area contributed by atoms with E-state index >= 15 is 0 Å². The van der Waals surface area contributed by atoms with E-state index in [0.717, 1.165) is 24.3 Å². The molecule has 2 heterocycles. The van der Waals surface area contributed by atoms with Gasteiger partial charge in [-0.2, -0.15) is 5.10 Å². The number of nitrogens with two attached hydrogens (primary N) is 1. The average molecular weight is 256 g/mol. The fourth-order valence-electron chi connectivity index (χ4n) is 2.70. The van der Waals surface area contributed by atoms with Gasteiger partial charge in [0.05, 0.1) is 5.69 Å². The number of piperidine rings is 1. The first kappa shape index (κ1) is 12.2.